The number of benzene rings is 1. The van der Waals surface area contributed by atoms with E-state index in [4.69, 9.17) is 10.5 Å². The molecule has 24 heavy (non-hydrogen) atoms. The lowest BCUT2D eigenvalue weighted by Gasteiger charge is -2.07. The average Bonchev–Trinajstić information content (AvgIpc) is 3.13. The number of aryl methyl sites for hydroxylation is 3. The predicted octanol–water partition coefficient (Wildman–Crippen LogP) is 3.26. The molecule has 2 aromatic rings. The Morgan fingerprint density at radius 2 is 2.12 bits per heavy atom. The third-order valence-electron chi connectivity index (χ3n) is 4.10. The fourth-order valence-electron chi connectivity index (χ4n) is 2.55. The molecule has 0 saturated heterocycles. The number of nitrogens with one attached hydrogen (secondary N) is 1. The second-order valence-electron chi connectivity index (χ2n) is 5.97. The number of carbonyl (C=O) groups is 1. The van der Waals surface area contributed by atoms with E-state index in [9.17, 15) is 4.79 Å². The number of aliphatic imine (C=N–C) groups is 1. The van der Waals surface area contributed by atoms with Crippen LogP contribution >= 0.6 is 11.3 Å². The topological polar surface area (TPSA) is 76.7 Å². The summed E-state index contributed by atoms with van der Waals surface area (Å²) in [5, 5.41) is 2.94. The van der Waals surface area contributed by atoms with E-state index >= 15 is 0 Å². The van der Waals surface area contributed by atoms with Crippen LogP contribution in [-0.4, -0.2) is 24.6 Å². The van der Waals surface area contributed by atoms with Gasteiger partial charge in [-0.2, -0.15) is 0 Å². The van der Waals surface area contributed by atoms with Crippen LogP contribution in [0.1, 0.15) is 32.1 Å². The second-order valence-corrected chi connectivity index (χ2v) is 7.23. The number of rotatable bonds is 5. The van der Waals surface area contributed by atoms with Crippen LogP contribution in [-0.2, 0) is 11.2 Å². The maximum atomic E-state index is 12.3. The van der Waals surface area contributed by atoms with Crippen molar-refractivity contribution in [2.45, 2.75) is 32.7 Å². The zero-order valence-electron chi connectivity index (χ0n) is 13.8. The van der Waals surface area contributed by atoms with Crippen LogP contribution in [0.25, 0.3) is 0 Å². The van der Waals surface area contributed by atoms with Gasteiger partial charge in [-0.25, -0.2) is 4.99 Å². The Morgan fingerprint density at radius 3 is 2.71 bits per heavy atom. The molecule has 0 saturated carbocycles. The smallest absolute Gasteiger partial charge is 0.282 e. The molecule has 1 aromatic heterocycles. The van der Waals surface area contributed by atoms with Crippen molar-refractivity contribution in [2.75, 3.05) is 11.9 Å². The molecule has 126 valence electrons. The number of ether oxygens (including phenoxy) is 1. The number of anilines is 1. The van der Waals surface area contributed by atoms with Crippen molar-refractivity contribution in [3.05, 3.63) is 51.2 Å². The Bertz CT molecular complexity index is 746. The average molecular weight is 343 g/mol. The molecule has 1 amide bonds. The van der Waals surface area contributed by atoms with E-state index in [1.165, 1.54) is 21.8 Å². The summed E-state index contributed by atoms with van der Waals surface area (Å²) >= 11 is 1.52. The molecule has 0 spiro atoms. The number of hydrogen-bond acceptors (Lipinski definition) is 5. The lowest BCUT2D eigenvalue weighted by molar-refractivity contribution is 0.103. The van der Waals surface area contributed by atoms with E-state index in [0.717, 1.165) is 29.0 Å². The number of amides is 1. The number of nitrogens with two attached hydrogens (primary N) is 1. The predicted molar refractivity (Wildman–Crippen MR) is 97.9 cm³/mol. The van der Waals surface area contributed by atoms with Gasteiger partial charge in [0.1, 0.15) is 6.61 Å². The highest BCUT2D eigenvalue weighted by Gasteiger charge is 2.16. The Hall–Kier alpha value is -2.34. The Labute approximate surface area is 145 Å². The van der Waals surface area contributed by atoms with Gasteiger partial charge in [0.2, 0.25) is 0 Å². The van der Waals surface area contributed by atoms with Gasteiger partial charge >= 0.3 is 0 Å². The highest BCUT2D eigenvalue weighted by molar-refractivity contribution is 7.14. The van der Waals surface area contributed by atoms with E-state index in [1.54, 1.807) is 0 Å². The van der Waals surface area contributed by atoms with Crippen LogP contribution in [0.15, 0.2) is 35.3 Å². The Morgan fingerprint density at radius 1 is 1.38 bits per heavy atom. The number of amidine groups is 1. The van der Waals surface area contributed by atoms with Gasteiger partial charge in [-0.15, -0.1) is 11.3 Å². The van der Waals surface area contributed by atoms with E-state index in [2.05, 4.69) is 10.3 Å². The first-order valence-electron chi connectivity index (χ1n) is 7.94. The zero-order valence-corrected chi connectivity index (χ0v) is 14.7. The van der Waals surface area contributed by atoms with E-state index in [0.29, 0.717) is 6.61 Å². The summed E-state index contributed by atoms with van der Waals surface area (Å²) in [6.07, 6.45) is 1.81. The van der Waals surface area contributed by atoms with Crippen molar-refractivity contribution >= 4 is 29.0 Å². The van der Waals surface area contributed by atoms with Gasteiger partial charge in [0, 0.05) is 10.6 Å². The van der Waals surface area contributed by atoms with E-state index in [1.807, 2.05) is 44.2 Å². The molecular weight excluding hydrogens is 322 g/mol. The lowest BCUT2D eigenvalue weighted by Crippen LogP contribution is -2.10. The third kappa shape index (κ3) is 3.94. The van der Waals surface area contributed by atoms with E-state index < -0.39 is 0 Å². The fourth-order valence-corrected chi connectivity index (χ4v) is 3.48. The minimum Gasteiger partial charge on any atom is -0.463 e. The number of carbonyl (C=O) groups excluding carboxylic acids is 1. The van der Waals surface area contributed by atoms with Crippen molar-refractivity contribution in [3.8, 4) is 0 Å². The van der Waals surface area contributed by atoms with Crippen LogP contribution in [0.4, 0.5) is 5.69 Å². The Balaban J connectivity index is 1.55. The van der Waals surface area contributed by atoms with Gasteiger partial charge in [0.25, 0.3) is 11.9 Å². The minimum absolute atomic E-state index is 0.0585. The van der Waals surface area contributed by atoms with Gasteiger partial charge in [-0.1, -0.05) is 12.1 Å². The summed E-state index contributed by atoms with van der Waals surface area (Å²) in [7, 11) is 0. The normalized spacial score (nSPS) is 16.6. The molecule has 1 unspecified atom stereocenters. The summed E-state index contributed by atoms with van der Waals surface area (Å²) in [5.41, 5.74) is 8.67. The summed E-state index contributed by atoms with van der Waals surface area (Å²) in [4.78, 5) is 18.4. The van der Waals surface area contributed by atoms with Crippen molar-refractivity contribution in [1.29, 1.82) is 0 Å². The first-order valence-corrected chi connectivity index (χ1v) is 8.76. The van der Waals surface area contributed by atoms with Crippen LogP contribution in [0.2, 0.25) is 0 Å². The fraction of sp³-hybridized carbons (Fsp3) is 0.333. The lowest BCUT2D eigenvalue weighted by atomic mass is 10.1. The first-order chi connectivity index (χ1) is 11.5. The maximum Gasteiger partial charge on any atom is 0.282 e. The molecule has 2 heterocycles. The highest BCUT2D eigenvalue weighted by Crippen LogP contribution is 2.22. The van der Waals surface area contributed by atoms with Gasteiger partial charge in [-0.3, -0.25) is 4.79 Å². The second kappa shape index (κ2) is 7.05. The monoisotopic (exact) mass is 343 g/mol. The molecule has 1 aliphatic heterocycles. The molecule has 0 radical (unpaired) electrons. The summed E-state index contributed by atoms with van der Waals surface area (Å²) in [6, 6.07) is 10.3. The SMILES string of the molecule is Cc1cc(C(=O)Nc2ccc(CCC3COC(N)=N3)cc2)sc1C. The van der Waals surface area contributed by atoms with Crippen LogP contribution in [0.5, 0.6) is 0 Å². The number of hydrogen-bond donors (Lipinski definition) is 2. The van der Waals surface area contributed by atoms with Crippen molar-refractivity contribution in [1.82, 2.24) is 0 Å². The molecule has 0 aliphatic carbocycles. The van der Waals surface area contributed by atoms with Crippen LogP contribution in [0, 0.1) is 13.8 Å². The molecule has 0 bridgehead atoms. The van der Waals surface area contributed by atoms with Crippen LogP contribution < -0.4 is 11.1 Å². The maximum absolute atomic E-state index is 12.3. The minimum atomic E-state index is -0.0585. The van der Waals surface area contributed by atoms with Crippen molar-refractivity contribution < 1.29 is 9.53 Å². The van der Waals surface area contributed by atoms with Gasteiger partial charge in [0.05, 0.1) is 10.9 Å². The molecule has 1 aromatic carbocycles. The van der Waals surface area contributed by atoms with Gasteiger partial charge in [0.15, 0.2) is 0 Å². The van der Waals surface area contributed by atoms with Gasteiger partial charge in [-0.05, 0) is 56.0 Å². The quantitative estimate of drug-likeness (QED) is 0.875. The van der Waals surface area contributed by atoms with Gasteiger partial charge < -0.3 is 15.8 Å². The molecule has 3 N–H and O–H groups in total. The Kier molecular flexibility index (Phi) is 4.85. The summed E-state index contributed by atoms with van der Waals surface area (Å²) in [5.74, 6) is -0.0585. The first kappa shape index (κ1) is 16.5. The largest absolute Gasteiger partial charge is 0.463 e. The van der Waals surface area contributed by atoms with Crippen LogP contribution in [0.3, 0.4) is 0 Å². The zero-order chi connectivity index (χ0) is 17.1. The van der Waals surface area contributed by atoms with E-state index in [-0.39, 0.29) is 18.0 Å². The molecule has 1 atom stereocenters. The highest BCUT2D eigenvalue weighted by atomic mass is 32.1. The summed E-state index contributed by atoms with van der Waals surface area (Å²) in [6.45, 7) is 4.61. The third-order valence-corrected chi connectivity index (χ3v) is 5.25. The number of nitrogens with zero attached hydrogens (tertiary/aromatic N) is 1. The standard InChI is InChI=1S/C18H21N3O2S/c1-11-9-16(24-12(11)2)17(22)20-14-6-3-13(4-7-14)5-8-15-10-23-18(19)21-15/h3-4,6-7,9,15H,5,8,10H2,1-2H3,(H2,19,21)(H,20,22). The molecule has 5 nitrogen and oxygen atoms in total. The summed E-state index contributed by atoms with van der Waals surface area (Å²) < 4.78 is 5.15. The molecular formula is C18H21N3O2S. The molecule has 3 rings (SSSR count). The van der Waals surface area contributed by atoms with Crippen molar-refractivity contribution in [2.24, 2.45) is 10.7 Å². The number of thiophene rings is 1. The molecule has 1 aliphatic rings. The molecule has 0 fully saturated rings. The van der Waals surface area contributed by atoms with Crippen molar-refractivity contribution in [3.63, 3.8) is 0 Å². The molecule has 6 heteroatoms.